The number of nitrogens with two attached hydrogens (primary N) is 1. The summed E-state index contributed by atoms with van der Waals surface area (Å²) >= 11 is 0. The normalized spacial score (nSPS) is 15.9. The topological polar surface area (TPSA) is 129 Å². The van der Waals surface area contributed by atoms with Crippen LogP contribution >= 0.6 is 0 Å². The zero-order chi connectivity index (χ0) is 26.1. The van der Waals surface area contributed by atoms with Crippen molar-refractivity contribution < 1.29 is 33.3 Å². The van der Waals surface area contributed by atoms with Gasteiger partial charge in [0.15, 0.2) is 0 Å². The number of carbonyl (C=O) groups excluding carboxylic acids is 3. The first-order valence-electron chi connectivity index (χ1n) is 12.4. The number of esters is 2. The highest BCUT2D eigenvalue weighted by atomic mass is 16.5. The lowest BCUT2D eigenvalue weighted by molar-refractivity contribution is -0.143. The molecule has 2 amide bonds. The molecule has 0 atom stereocenters. The highest BCUT2D eigenvalue weighted by Gasteiger charge is 2.32. The Kier molecular flexibility index (Phi) is 10.1. The van der Waals surface area contributed by atoms with Crippen molar-refractivity contribution in [1.82, 2.24) is 4.90 Å². The number of unbranched alkanes of at least 4 members (excludes halogenated alkanes) is 1. The summed E-state index contributed by atoms with van der Waals surface area (Å²) in [4.78, 5) is 38.6. The molecule has 1 fully saturated rings. The quantitative estimate of drug-likeness (QED) is 0.253. The molecule has 198 valence electrons. The first-order valence-corrected chi connectivity index (χ1v) is 12.4. The molecule has 10 heteroatoms. The Balaban J connectivity index is 1.54. The maximum absolute atomic E-state index is 12.4. The fraction of sp³-hybridized carbons (Fsp3) is 0.577. The number of primary amides is 1. The van der Waals surface area contributed by atoms with Crippen molar-refractivity contribution in [2.75, 3.05) is 51.9 Å². The van der Waals surface area contributed by atoms with Crippen molar-refractivity contribution in [3.05, 3.63) is 33.9 Å². The van der Waals surface area contributed by atoms with Crippen LogP contribution in [0, 0.1) is 6.92 Å². The molecule has 1 saturated heterocycles. The Morgan fingerprint density at radius 2 is 1.94 bits per heavy atom. The van der Waals surface area contributed by atoms with Gasteiger partial charge >= 0.3 is 18.0 Å². The molecule has 3 N–H and O–H groups in total. The van der Waals surface area contributed by atoms with Gasteiger partial charge in [-0.25, -0.2) is 9.59 Å². The summed E-state index contributed by atoms with van der Waals surface area (Å²) in [7, 11) is 1.54. The lowest BCUT2D eigenvalue weighted by atomic mass is 9.93. The van der Waals surface area contributed by atoms with Crippen molar-refractivity contribution in [3.8, 4) is 5.75 Å². The number of anilines is 1. The maximum Gasteiger partial charge on any atom is 0.341 e. The third-order valence-electron chi connectivity index (χ3n) is 6.54. The van der Waals surface area contributed by atoms with Gasteiger partial charge in [0, 0.05) is 30.6 Å². The molecule has 1 aromatic rings. The van der Waals surface area contributed by atoms with E-state index in [1.165, 1.54) is 7.11 Å². The Morgan fingerprint density at radius 3 is 2.64 bits per heavy atom. The van der Waals surface area contributed by atoms with E-state index >= 15 is 0 Å². The molecule has 2 heterocycles. The monoisotopic (exact) mass is 503 g/mol. The Morgan fingerprint density at radius 1 is 1.19 bits per heavy atom. The number of hydrogen-bond donors (Lipinski definition) is 2. The maximum atomic E-state index is 12.4. The molecular weight excluding hydrogens is 466 g/mol. The number of carbonyl (C=O) groups is 3. The first-order chi connectivity index (χ1) is 17.3. The van der Waals surface area contributed by atoms with E-state index in [1.807, 2.05) is 19.9 Å². The first kappa shape index (κ1) is 27.5. The predicted molar refractivity (Wildman–Crippen MR) is 134 cm³/mol. The number of nitrogens with one attached hydrogen (secondary N) is 1. The van der Waals surface area contributed by atoms with E-state index in [2.05, 4.69) is 10.2 Å². The Labute approximate surface area is 212 Å². The minimum absolute atomic E-state index is 0.119. The number of nitrogens with zero attached hydrogens (tertiary/aromatic N) is 1. The van der Waals surface area contributed by atoms with Crippen molar-refractivity contribution in [2.45, 2.75) is 52.6 Å². The van der Waals surface area contributed by atoms with Crippen molar-refractivity contribution in [3.63, 3.8) is 0 Å². The highest BCUT2D eigenvalue weighted by Crippen LogP contribution is 2.41. The van der Waals surface area contributed by atoms with Crippen molar-refractivity contribution in [1.29, 1.82) is 0 Å². The van der Waals surface area contributed by atoms with Crippen LogP contribution < -0.4 is 15.8 Å². The predicted octanol–water partition coefficient (Wildman–Crippen LogP) is 3.09. The van der Waals surface area contributed by atoms with Gasteiger partial charge in [-0.15, -0.1) is 0 Å². The molecule has 3 rings (SSSR count). The van der Waals surface area contributed by atoms with E-state index in [4.69, 9.17) is 24.7 Å². The number of urea groups is 1. The molecule has 0 aliphatic carbocycles. The number of rotatable bonds is 12. The summed E-state index contributed by atoms with van der Waals surface area (Å²) in [6.45, 7) is 8.83. The summed E-state index contributed by atoms with van der Waals surface area (Å²) in [6, 6.07) is -0.780. The molecule has 0 spiro atoms. The third kappa shape index (κ3) is 7.20. The fourth-order valence-electron chi connectivity index (χ4n) is 4.51. The second-order valence-electron chi connectivity index (χ2n) is 9.07. The zero-order valence-electron chi connectivity index (χ0n) is 21.4. The van der Waals surface area contributed by atoms with Crippen LogP contribution in [-0.4, -0.2) is 69.4 Å². The molecule has 0 bridgehead atoms. The average molecular weight is 504 g/mol. The summed E-state index contributed by atoms with van der Waals surface area (Å²) < 4.78 is 21.5. The van der Waals surface area contributed by atoms with E-state index in [0.29, 0.717) is 47.6 Å². The number of amides is 2. The summed E-state index contributed by atoms with van der Waals surface area (Å²) in [5.74, 6) is -0.163. The van der Waals surface area contributed by atoms with E-state index in [9.17, 15) is 14.4 Å². The smallest absolute Gasteiger partial charge is 0.341 e. The van der Waals surface area contributed by atoms with Gasteiger partial charge in [0.05, 0.1) is 38.2 Å². The van der Waals surface area contributed by atoms with Crippen LogP contribution in [-0.2, 0) is 32.0 Å². The third-order valence-corrected chi connectivity index (χ3v) is 6.54. The summed E-state index contributed by atoms with van der Waals surface area (Å²) in [6.07, 6.45) is 4.98. The number of cyclic esters (lactones) is 1. The van der Waals surface area contributed by atoms with Crippen LogP contribution in [0.15, 0.2) is 11.6 Å². The van der Waals surface area contributed by atoms with Gasteiger partial charge in [0.25, 0.3) is 0 Å². The molecule has 0 saturated carbocycles. The standard InChI is InChI=1S/C26H37N3O7/c1-17(7-9-21(30)35-13-5-4-10-29-11-14-34-15-12-29)6-8-19-23(28-26(27)32)22-20(16-36-25(22)31)18(2)24(19)33-3/h6H,4-5,7-16H2,1-3H3,(H3,27,28,32). The lowest BCUT2D eigenvalue weighted by Gasteiger charge is -2.26. The van der Waals surface area contributed by atoms with Crippen LogP contribution in [0.3, 0.4) is 0 Å². The number of morpholine rings is 1. The number of benzene rings is 1. The number of allylic oxidation sites excluding steroid dienone is 2. The minimum atomic E-state index is -0.780. The van der Waals surface area contributed by atoms with Crippen LogP contribution in [0.5, 0.6) is 5.75 Å². The van der Waals surface area contributed by atoms with Gasteiger partial charge in [-0.05, 0) is 51.6 Å². The van der Waals surface area contributed by atoms with E-state index < -0.39 is 12.0 Å². The van der Waals surface area contributed by atoms with Gasteiger partial charge in [0.2, 0.25) is 0 Å². The van der Waals surface area contributed by atoms with Crippen molar-refractivity contribution in [2.24, 2.45) is 5.73 Å². The molecule has 0 unspecified atom stereocenters. The number of hydrogen-bond acceptors (Lipinski definition) is 8. The molecule has 1 aromatic carbocycles. The van der Waals surface area contributed by atoms with Gasteiger partial charge in [-0.3, -0.25) is 9.69 Å². The minimum Gasteiger partial charge on any atom is -0.496 e. The summed E-state index contributed by atoms with van der Waals surface area (Å²) in [5.41, 5.74) is 9.07. The van der Waals surface area contributed by atoms with Crippen LogP contribution in [0.2, 0.25) is 0 Å². The Hall–Kier alpha value is -3.11. The SMILES string of the molecule is COc1c(C)c2c(c(NC(N)=O)c1CC=C(C)CCC(=O)OCCCCN1CCOCC1)C(=O)OC2. The van der Waals surface area contributed by atoms with Crippen LogP contribution in [0.25, 0.3) is 0 Å². The molecule has 2 aliphatic heterocycles. The second-order valence-corrected chi connectivity index (χ2v) is 9.07. The molecule has 36 heavy (non-hydrogen) atoms. The van der Waals surface area contributed by atoms with Crippen LogP contribution in [0.4, 0.5) is 10.5 Å². The van der Waals surface area contributed by atoms with Crippen molar-refractivity contribution >= 4 is 23.7 Å². The van der Waals surface area contributed by atoms with Gasteiger partial charge in [0.1, 0.15) is 12.4 Å². The van der Waals surface area contributed by atoms with Gasteiger partial charge in [-0.1, -0.05) is 11.6 Å². The Bertz CT molecular complexity index is 1000. The van der Waals surface area contributed by atoms with E-state index in [-0.39, 0.29) is 19.0 Å². The average Bonchev–Trinajstić information content (AvgIpc) is 3.25. The van der Waals surface area contributed by atoms with Gasteiger partial charge in [-0.2, -0.15) is 0 Å². The molecule has 10 nitrogen and oxygen atoms in total. The molecule has 0 aromatic heterocycles. The molecular formula is C26H37N3O7. The highest BCUT2D eigenvalue weighted by molar-refractivity contribution is 6.05. The zero-order valence-corrected chi connectivity index (χ0v) is 21.4. The number of fused-ring (bicyclic) bond motifs is 1. The van der Waals surface area contributed by atoms with Gasteiger partial charge < -0.3 is 30.0 Å². The lowest BCUT2D eigenvalue weighted by Crippen LogP contribution is -2.36. The molecule has 2 aliphatic rings. The van der Waals surface area contributed by atoms with E-state index in [0.717, 1.165) is 56.8 Å². The second kappa shape index (κ2) is 13.3. The number of methoxy groups -OCH3 is 1. The van der Waals surface area contributed by atoms with E-state index in [1.54, 1.807) is 0 Å². The fourth-order valence-corrected chi connectivity index (χ4v) is 4.51. The summed E-state index contributed by atoms with van der Waals surface area (Å²) in [5, 5.41) is 2.58. The largest absolute Gasteiger partial charge is 0.496 e. The number of ether oxygens (including phenoxy) is 4. The molecule has 0 radical (unpaired) electrons. The van der Waals surface area contributed by atoms with Crippen LogP contribution in [0.1, 0.15) is 59.7 Å².